The summed E-state index contributed by atoms with van der Waals surface area (Å²) in [6, 6.07) is 16.3. The first-order valence-corrected chi connectivity index (χ1v) is 9.89. The first-order chi connectivity index (χ1) is 15.5. The lowest BCUT2D eigenvalue weighted by atomic mass is 10.2. The highest BCUT2D eigenvalue weighted by molar-refractivity contribution is 6.32. The van der Waals surface area contributed by atoms with Gasteiger partial charge in [0.2, 0.25) is 0 Å². The molecular formula is C22H17ClN4O5. The summed E-state index contributed by atoms with van der Waals surface area (Å²) in [7, 11) is 0. The summed E-state index contributed by atoms with van der Waals surface area (Å²) in [5.41, 5.74) is 1.46. The van der Waals surface area contributed by atoms with E-state index in [1.54, 1.807) is 23.0 Å². The van der Waals surface area contributed by atoms with E-state index in [9.17, 15) is 14.9 Å². The molecule has 0 atom stereocenters. The summed E-state index contributed by atoms with van der Waals surface area (Å²) < 4.78 is 12.8. The Morgan fingerprint density at radius 1 is 1.19 bits per heavy atom. The van der Waals surface area contributed by atoms with Crippen LogP contribution in [0.3, 0.4) is 0 Å². The van der Waals surface area contributed by atoms with Crippen molar-refractivity contribution < 1.29 is 18.9 Å². The van der Waals surface area contributed by atoms with Gasteiger partial charge in [-0.05, 0) is 42.0 Å². The number of hydrogen-bond donors (Lipinski definition) is 1. The van der Waals surface area contributed by atoms with Crippen molar-refractivity contribution in [1.82, 2.24) is 9.78 Å². The first-order valence-electron chi connectivity index (χ1n) is 9.51. The Labute approximate surface area is 187 Å². The average molecular weight is 453 g/mol. The summed E-state index contributed by atoms with van der Waals surface area (Å²) in [5, 5.41) is 18.1. The zero-order valence-electron chi connectivity index (χ0n) is 16.6. The van der Waals surface area contributed by atoms with Crippen LogP contribution in [0.5, 0.6) is 5.75 Å². The van der Waals surface area contributed by atoms with E-state index in [1.165, 1.54) is 24.3 Å². The number of halogens is 1. The van der Waals surface area contributed by atoms with Crippen molar-refractivity contribution in [2.24, 2.45) is 0 Å². The SMILES string of the molecule is O=C(Nc1cccc(Cn2cccn2)c1)c1ccc(COc2cc([N+](=O)[O-])ccc2Cl)o1. The van der Waals surface area contributed by atoms with Crippen molar-refractivity contribution in [3.63, 3.8) is 0 Å². The number of nitrogens with one attached hydrogen (secondary N) is 1. The minimum atomic E-state index is -0.539. The summed E-state index contributed by atoms with van der Waals surface area (Å²) in [6.45, 7) is 0.534. The lowest BCUT2D eigenvalue weighted by Gasteiger charge is -2.07. The van der Waals surface area contributed by atoms with Gasteiger partial charge in [-0.15, -0.1) is 0 Å². The number of anilines is 1. The molecule has 0 aliphatic rings. The highest BCUT2D eigenvalue weighted by Gasteiger charge is 2.14. The second-order valence-corrected chi connectivity index (χ2v) is 7.19. The van der Waals surface area contributed by atoms with E-state index in [1.807, 2.05) is 30.5 Å². The lowest BCUT2D eigenvalue weighted by molar-refractivity contribution is -0.384. The lowest BCUT2D eigenvalue weighted by Crippen LogP contribution is -2.11. The van der Waals surface area contributed by atoms with Crippen molar-refractivity contribution >= 4 is 28.9 Å². The highest BCUT2D eigenvalue weighted by Crippen LogP contribution is 2.29. The maximum absolute atomic E-state index is 12.5. The van der Waals surface area contributed by atoms with Crippen LogP contribution in [0.1, 0.15) is 21.9 Å². The predicted octanol–water partition coefficient (Wildman–Crippen LogP) is 4.92. The molecule has 0 aliphatic carbocycles. The largest absolute Gasteiger partial charge is 0.484 e. The molecule has 2 aromatic heterocycles. The van der Waals surface area contributed by atoms with Crippen molar-refractivity contribution in [3.05, 3.63) is 105 Å². The Morgan fingerprint density at radius 3 is 2.84 bits per heavy atom. The van der Waals surface area contributed by atoms with Gasteiger partial charge in [-0.25, -0.2) is 0 Å². The Kier molecular flexibility index (Phi) is 6.18. The van der Waals surface area contributed by atoms with Crippen molar-refractivity contribution in [3.8, 4) is 5.75 Å². The number of nitro benzene ring substituents is 1. The number of hydrogen-bond acceptors (Lipinski definition) is 6. The van der Waals surface area contributed by atoms with Gasteiger partial charge < -0.3 is 14.5 Å². The summed E-state index contributed by atoms with van der Waals surface area (Å²) in [6.07, 6.45) is 3.56. The number of carbonyl (C=O) groups is 1. The van der Waals surface area contributed by atoms with E-state index in [2.05, 4.69) is 10.4 Å². The molecule has 0 fully saturated rings. The van der Waals surface area contributed by atoms with Gasteiger partial charge in [-0.2, -0.15) is 5.10 Å². The van der Waals surface area contributed by atoms with E-state index in [0.717, 1.165) is 5.56 Å². The number of amides is 1. The summed E-state index contributed by atoms with van der Waals surface area (Å²) >= 11 is 6.02. The van der Waals surface area contributed by atoms with Gasteiger partial charge >= 0.3 is 0 Å². The van der Waals surface area contributed by atoms with E-state index < -0.39 is 10.8 Å². The number of carbonyl (C=O) groups excluding carboxylic acids is 1. The number of furan rings is 1. The van der Waals surface area contributed by atoms with Crippen LogP contribution in [0.25, 0.3) is 0 Å². The zero-order chi connectivity index (χ0) is 22.5. The second-order valence-electron chi connectivity index (χ2n) is 6.78. The van der Waals surface area contributed by atoms with Crippen LogP contribution >= 0.6 is 11.6 Å². The predicted molar refractivity (Wildman–Crippen MR) is 117 cm³/mol. The fourth-order valence-electron chi connectivity index (χ4n) is 2.96. The molecule has 4 rings (SSSR count). The molecule has 0 saturated heterocycles. The Morgan fingerprint density at radius 2 is 2.06 bits per heavy atom. The fourth-order valence-corrected chi connectivity index (χ4v) is 3.14. The second kappa shape index (κ2) is 9.36. The van der Waals surface area contributed by atoms with E-state index in [4.69, 9.17) is 20.8 Å². The minimum Gasteiger partial charge on any atom is -0.484 e. The Hall–Kier alpha value is -4.11. The molecule has 0 aliphatic heterocycles. The van der Waals surface area contributed by atoms with Crippen LogP contribution in [-0.4, -0.2) is 20.6 Å². The van der Waals surface area contributed by atoms with Crippen molar-refractivity contribution in [2.45, 2.75) is 13.2 Å². The number of ether oxygens (including phenoxy) is 1. The Balaban J connectivity index is 1.38. The molecular weight excluding hydrogens is 436 g/mol. The first kappa shape index (κ1) is 21.1. The standard InChI is InChI=1S/C22H17ClN4O5/c23-19-7-5-17(27(29)30)12-21(19)31-14-18-6-8-20(32-18)22(28)25-16-4-1-3-15(11-16)13-26-10-2-9-24-26/h1-12H,13-14H2,(H,25,28). The van der Waals surface area contributed by atoms with Gasteiger partial charge in [0.15, 0.2) is 5.76 Å². The molecule has 2 heterocycles. The van der Waals surface area contributed by atoms with Crippen molar-refractivity contribution in [1.29, 1.82) is 0 Å². The third-order valence-corrected chi connectivity index (χ3v) is 4.78. The molecule has 2 aromatic carbocycles. The molecule has 162 valence electrons. The van der Waals surface area contributed by atoms with Crippen molar-refractivity contribution in [2.75, 3.05) is 5.32 Å². The molecule has 10 heteroatoms. The third-order valence-electron chi connectivity index (χ3n) is 4.47. The molecule has 9 nitrogen and oxygen atoms in total. The monoisotopic (exact) mass is 452 g/mol. The number of rotatable bonds is 8. The number of nitrogens with zero attached hydrogens (tertiary/aromatic N) is 3. The molecule has 0 bridgehead atoms. The van der Waals surface area contributed by atoms with Crippen LogP contribution in [0.4, 0.5) is 11.4 Å². The highest BCUT2D eigenvalue weighted by atomic mass is 35.5. The maximum atomic E-state index is 12.5. The average Bonchev–Trinajstić information content (AvgIpc) is 3.45. The summed E-state index contributed by atoms with van der Waals surface area (Å²) in [4.78, 5) is 22.9. The van der Waals surface area contributed by atoms with Crippen LogP contribution in [0, 0.1) is 10.1 Å². The number of benzene rings is 2. The molecule has 0 radical (unpaired) electrons. The van der Waals surface area contributed by atoms with E-state index in [0.29, 0.717) is 18.0 Å². The molecule has 0 unspecified atom stereocenters. The van der Waals surface area contributed by atoms with Crippen LogP contribution in [0.15, 0.2) is 77.5 Å². The fraction of sp³-hybridized carbons (Fsp3) is 0.0909. The van der Waals surface area contributed by atoms with Gasteiger partial charge in [-0.1, -0.05) is 23.7 Å². The number of nitro groups is 1. The Bertz CT molecular complexity index is 1250. The number of non-ortho nitro benzene ring substituents is 1. The van der Waals surface area contributed by atoms with E-state index >= 15 is 0 Å². The van der Waals surface area contributed by atoms with Gasteiger partial charge in [0, 0.05) is 24.1 Å². The number of aromatic nitrogens is 2. The van der Waals surface area contributed by atoms with Crippen LogP contribution < -0.4 is 10.1 Å². The molecule has 4 aromatic rings. The maximum Gasteiger partial charge on any atom is 0.291 e. The molecule has 32 heavy (non-hydrogen) atoms. The van der Waals surface area contributed by atoms with E-state index in [-0.39, 0.29) is 28.8 Å². The van der Waals surface area contributed by atoms with Crippen LogP contribution in [0.2, 0.25) is 5.02 Å². The van der Waals surface area contributed by atoms with Crippen LogP contribution in [-0.2, 0) is 13.2 Å². The summed E-state index contributed by atoms with van der Waals surface area (Å²) in [5.74, 6) is 0.203. The minimum absolute atomic E-state index is 0.0481. The topological polar surface area (TPSA) is 112 Å². The molecule has 0 saturated carbocycles. The van der Waals surface area contributed by atoms with Gasteiger partial charge in [-0.3, -0.25) is 19.6 Å². The third kappa shape index (κ3) is 5.13. The smallest absolute Gasteiger partial charge is 0.291 e. The van der Waals surface area contributed by atoms with Gasteiger partial charge in [0.05, 0.1) is 22.6 Å². The molecule has 1 N–H and O–H groups in total. The zero-order valence-corrected chi connectivity index (χ0v) is 17.4. The van der Waals surface area contributed by atoms with Gasteiger partial charge in [0.25, 0.3) is 11.6 Å². The quantitative estimate of drug-likeness (QED) is 0.300. The molecule has 1 amide bonds. The molecule has 0 spiro atoms. The normalized spacial score (nSPS) is 10.7. The van der Waals surface area contributed by atoms with Gasteiger partial charge in [0.1, 0.15) is 18.1 Å².